The molecule has 2 N–H and O–H groups in total. The van der Waals surface area contributed by atoms with Crippen LogP contribution in [0, 0.1) is 12.7 Å². The van der Waals surface area contributed by atoms with Gasteiger partial charge in [-0.3, -0.25) is 4.79 Å². The Morgan fingerprint density at radius 3 is 2.52 bits per heavy atom. The van der Waals surface area contributed by atoms with E-state index in [0.29, 0.717) is 45.6 Å². The van der Waals surface area contributed by atoms with Gasteiger partial charge in [-0.2, -0.15) is 0 Å². The smallest absolute Gasteiger partial charge is 0.257 e. The number of amides is 1. The summed E-state index contributed by atoms with van der Waals surface area (Å²) in [6.07, 6.45) is 0.627. The lowest BCUT2D eigenvalue weighted by Gasteiger charge is -2.15. The summed E-state index contributed by atoms with van der Waals surface area (Å²) in [5, 5.41) is 6.51. The van der Waals surface area contributed by atoms with Gasteiger partial charge >= 0.3 is 0 Å². The number of ether oxygens (including phenoxy) is 1. The second-order valence-electron chi connectivity index (χ2n) is 6.43. The molecule has 3 aromatic rings. The van der Waals surface area contributed by atoms with Gasteiger partial charge in [0.2, 0.25) is 5.88 Å². The number of rotatable bonds is 6. The summed E-state index contributed by atoms with van der Waals surface area (Å²) in [5.41, 5.74) is 3.65. The number of nitrogens with one attached hydrogen (secondary N) is 2. The maximum atomic E-state index is 13.4. The summed E-state index contributed by atoms with van der Waals surface area (Å²) in [6, 6.07) is 12.8. The number of methoxy groups -OCH3 is 1. The van der Waals surface area contributed by atoms with Gasteiger partial charge in [-0.1, -0.05) is 18.5 Å². The Labute approximate surface area is 173 Å². The third-order valence-electron chi connectivity index (χ3n) is 4.42. The highest BCUT2D eigenvalue weighted by Gasteiger charge is 2.16. The molecule has 2 aromatic carbocycles. The predicted octanol–water partition coefficient (Wildman–Crippen LogP) is 5.75. The van der Waals surface area contributed by atoms with Crippen LogP contribution < -0.4 is 15.4 Å². The van der Waals surface area contributed by atoms with Crippen LogP contribution in [0.15, 0.2) is 48.5 Å². The van der Waals surface area contributed by atoms with Crippen LogP contribution in [0.25, 0.3) is 0 Å². The molecule has 29 heavy (non-hydrogen) atoms. The number of halogens is 2. The van der Waals surface area contributed by atoms with Crippen LogP contribution >= 0.6 is 11.6 Å². The Hall–Kier alpha value is -3.12. The molecule has 5 nitrogen and oxygen atoms in total. The van der Waals surface area contributed by atoms with E-state index >= 15 is 0 Å². The molecule has 0 saturated heterocycles. The van der Waals surface area contributed by atoms with E-state index in [4.69, 9.17) is 16.3 Å². The van der Waals surface area contributed by atoms with Gasteiger partial charge in [-0.05, 0) is 61.4 Å². The first-order valence-corrected chi connectivity index (χ1v) is 9.47. The number of carbonyl (C=O) groups excluding carboxylic acids is 1. The van der Waals surface area contributed by atoms with Crippen LogP contribution in [0.1, 0.15) is 28.5 Å². The van der Waals surface area contributed by atoms with E-state index < -0.39 is 0 Å². The minimum Gasteiger partial charge on any atom is -0.481 e. The number of nitrogens with zero attached hydrogens (tertiary/aromatic N) is 1. The molecule has 0 unspecified atom stereocenters. The summed E-state index contributed by atoms with van der Waals surface area (Å²) in [7, 11) is 1.54. The zero-order valence-corrected chi connectivity index (χ0v) is 17.1. The third kappa shape index (κ3) is 4.84. The fraction of sp³-hybridized carbons (Fsp3) is 0.182. The van der Waals surface area contributed by atoms with Crippen molar-refractivity contribution in [3.63, 3.8) is 0 Å². The van der Waals surface area contributed by atoms with Crippen molar-refractivity contribution in [1.82, 2.24) is 4.98 Å². The molecule has 0 aliphatic rings. The van der Waals surface area contributed by atoms with Gasteiger partial charge in [-0.25, -0.2) is 9.37 Å². The Kier molecular flexibility index (Phi) is 6.34. The first kappa shape index (κ1) is 20.6. The maximum Gasteiger partial charge on any atom is 0.257 e. The van der Waals surface area contributed by atoms with E-state index in [2.05, 4.69) is 15.6 Å². The minimum atomic E-state index is -0.337. The van der Waals surface area contributed by atoms with Gasteiger partial charge in [-0.15, -0.1) is 0 Å². The van der Waals surface area contributed by atoms with Crippen LogP contribution in [0.5, 0.6) is 5.88 Å². The van der Waals surface area contributed by atoms with E-state index in [0.717, 1.165) is 5.56 Å². The topological polar surface area (TPSA) is 63.2 Å². The zero-order valence-electron chi connectivity index (χ0n) is 16.3. The molecule has 0 atom stereocenters. The van der Waals surface area contributed by atoms with Crippen LogP contribution in [0.3, 0.4) is 0 Å². The molecule has 0 aliphatic carbocycles. The van der Waals surface area contributed by atoms with Gasteiger partial charge in [0.15, 0.2) is 0 Å². The fourth-order valence-corrected chi connectivity index (χ4v) is 3.07. The second-order valence-corrected chi connectivity index (χ2v) is 6.87. The normalized spacial score (nSPS) is 10.5. The highest BCUT2D eigenvalue weighted by atomic mass is 35.5. The molecular weight excluding hydrogens is 393 g/mol. The number of aryl methyl sites for hydroxylation is 2. The SMILES string of the molecule is CCc1nc(OC)ccc1NC(=O)c1cc(Cl)ccc1Nc1ccc(F)cc1C. The van der Waals surface area contributed by atoms with Crippen LogP contribution in [0.4, 0.5) is 21.5 Å². The standard InChI is InChI=1S/C22H21ClFN3O2/c1-4-17-20(9-10-21(26-17)29-3)27-22(28)16-12-14(23)5-7-19(16)25-18-8-6-15(24)11-13(18)2/h5-12,25H,4H2,1-3H3,(H,27,28). The van der Waals surface area contributed by atoms with Gasteiger partial charge in [0.05, 0.1) is 29.7 Å². The number of hydrogen-bond acceptors (Lipinski definition) is 4. The van der Waals surface area contributed by atoms with Crippen molar-refractivity contribution in [2.45, 2.75) is 20.3 Å². The minimum absolute atomic E-state index is 0.318. The molecule has 3 rings (SSSR count). The van der Waals surface area contributed by atoms with Crippen molar-refractivity contribution in [2.75, 3.05) is 17.7 Å². The highest BCUT2D eigenvalue weighted by Crippen LogP contribution is 2.28. The van der Waals surface area contributed by atoms with Crippen molar-refractivity contribution >= 4 is 34.6 Å². The molecule has 1 amide bonds. The quantitative estimate of drug-likeness (QED) is 0.540. The first-order chi connectivity index (χ1) is 13.9. The summed E-state index contributed by atoms with van der Waals surface area (Å²) in [5.74, 6) is -0.172. The molecule has 0 saturated carbocycles. The van der Waals surface area contributed by atoms with E-state index in [-0.39, 0.29) is 11.7 Å². The van der Waals surface area contributed by atoms with E-state index in [1.165, 1.54) is 12.1 Å². The average Bonchev–Trinajstić information content (AvgIpc) is 2.71. The van der Waals surface area contributed by atoms with Crippen LogP contribution in [0.2, 0.25) is 5.02 Å². The van der Waals surface area contributed by atoms with E-state index in [1.807, 2.05) is 6.92 Å². The Bertz CT molecular complexity index is 1060. The lowest BCUT2D eigenvalue weighted by atomic mass is 10.1. The molecule has 7 heteroatoms. The number of hydrogen-bond donors (Lipinski definition) is 2. The third-order valence-corrected chi connectivity index (χ3v) is 4.66. The number of carbonyl (C=O) groups is 1. The summed E-state index contributed by atoms with van der Waals surface area (Å²) in [4.78, 5) is 17.4. The van der Waals surface area contributed by atoms with Crippen molar-refractivity contribution in [3.05, 3.63) is 76.2 Å². The molecule has 0 radical (unpaired) electrons. The molecule has 0 aliphatic heterocycles. The summed E-state index contributed by atoms with van der Waals surface area (Å²) in [6.45, 7) is 3.73. The predicted molar refractivity (Wildman–Crippen MR) is 114 cm³/mol. The molecule has 0 spiro atoms. The molecule has 0 bridgehead atoms. The highest BCUT2D eigenvalue weighted by molar-refractivity contribution is 6.31. The van der Waals surface area contributed by atoms with Crippen molar-refractivity contribution in [1.29, 1.82) is 0 Å². The second kappa shape index (κ2) is 8.92. The van der Waals surface area contributed by atoms with Crippen molar-refractivity contribution in [3.8, 4) is 5.88 Å². The van der Waals surface area contributed by atoms with Gasteiger partial charge in [0, 0.05) is 16.8 Å². The van der Waals surface area contributed by atoms with E-state index in [9.17, 15) is 9.18 Å². The number of pyridine rings is 1. The monoisotopic (exact) mass is 413 g/mol. The lowest BCUT2D eigenvalue weighted by molar-refractivity contribution is 0.102. The number of aromatic nitrogens is 1. The largest absolute Gasteiger partial charge is 0.481 e. The van der Waals surface area contributed by atoms with Crippen molar-refractivity contribution in [2.24, 2.45) is 0 Å². The Balaban J connectivity index is 1.92. The first-order valence-electron chi connectivity index (χ1n) is 9.09. The average molecular weight is 414 g/mol. The van der Waals surface area contributed by atoms with Gasteiger partial charge in [0.25, 0.3) is 5.91 Å². The summed E-state index contributed by atoms with van der Waals surface area (Å²) >= 11 is 6.13. The van der Waals surface area contributed by atoms with Crippen LogP contribution in [-0.4, -0.2) is 18.0 Å². The maximum absolute atomic E-state index is 13.4. The molecular formula is C22H21ClFN3O2. The summed E-state index contributed by atoms with van der Waals surface area (Å²) < 4.78 is 18.5. The Morgan fingerprint density at radius 2 is 1.83 bits per heavy atom. The number of anilines is 3. The van der Waals surface area contributed by atoms with Gasteiger partial charge < -0.3 is 15.4 Å². The molecule has 0 fully saturated rings. The molecule has 1 aromatic heterocycles. The van der Waals surface area contributed by atoms with Crippen molar-refractivity contribution < 1.29 is 13.9 Å². The number of benzene rings is 2. The lowest BCUT2D eigenvalue weighted by Crippen LogP contribution is -2.16. The molecule has 1 heterocycles. The zero-order chi connectivity index (χ0) is 21.0. The van der Waals surface area contributed by atoms with Gasteiger partial charge in [0.1, 0.15) is 5.82 Å². The Morgan fingerprint density at radius 1 is 1.10 bits per heavy atom. The van der Waals surface area contributed by atoms with Crippen LogP contribution in [-0.2, 0) is 6.42 Å². The fourth-order valence-electron chi connectivity index (χ4n) is 2.89. The van der Waals surface area contributed by atoms with E-state index in [1.54, 1.807) is 50.4 Å². The molecule has 150 valence electrons.